The van der Waals surface area contributed by atoms with Gasteiger partial charge in [-0.1, -0.05) is 50.2 Å². The zero-order chi connectivity index (χ0) is 21.1. The molecular weight excluding hydrogens is 380 g/mol. The number of para-hydroxylation sites is 2. The van der Waals surface area contributed by atoms with E-state index in [9.17, 15) is 9.90 Å². The molecule has 1 atom stereocenters. The smallest absolute Gasteiger partial charge is 0.264 e. The second kappa shape index (κ2) is 8.51. The lowest BCUT2D eigenvalue weighted by Crippen LogP contribution is -2.30. The molecule has 4 rings (SSSR count). The third kappa shape index (κ3) is 3.97. The van der Waals surface area contributed by atoms with Gasteiger partial charge in [0.05, 0.1) is 18.4 Å². The Labute approximate surface area is 174 Å². The lowest BCUT2D eigenvalue weighted by Gasteiger charge is -2.17. The molecule has 1 unspecified atom stereocenters. The molecule has 0 saturated heterocycles. The number of aliphatic hydroxyl groups is 1. The van der Waals surface area contributed by atoms with E-state index in [0.29, 0.717) is 17.0 Å². The first-order chi connectivity index (χ1) is 14.5. The van der Waals surface area contributed by atoms with Crippen molar-refractivity contribution in [2.24, 2.45) is 0 Å². The largest absolute Gasteiger partial charge is 0.491 e. The van der Waals surface area contributed by atoms with Crippen LogP contribution in [0.25, 0.3) is 16.7 Å². The van der Waals surface area contributed by atoms with Crippen LogP contribution in [0.5, 0.6) is 5.75 Å². The van der Waals surface area contributed by atoms with Gasteiger partial charge >= 0.3 is 0 Å². The zero-order valence-corrected chi connectivity index (χ0v) is 17.0. The number of ether oxygens (including phenoxy) is 1. The maximum absolute atomic E-state index is 12.8. The number of aliphatic hydroxyl groups excluding tert-OH is 1. The summed E-state index contributed by atoms with van der Waals surface area (Å²) >= 11 is 0. The molecular formula is C23H24N4O3. The lowest BCUT2D eigenvalue weighted by atomic mass is 10.0. The minimum Gasteiger partial charge on any atom is -0.491 e. The Kier molecular flexibility index (Phi) is 5.63. The first kappa shape index (κ1) is 19.8. The van der Waals surface area contributed by atoms with Crippen LogP contribution in [-0.2, 0) is 6.54 Å². The Balaban J connectivity index is 1.50. The molecule has 0 aliphatic heterocycles. The van der Waals surface area contributed by atoms with Gasteiger partial charge in [0, 0.05) is 0 Å². The molecule has 7 nitrogen and oxygen atoms in total. The van der Waals surface area contributed by atoms with Crippen molar-refractivity contribution in [3.63, 3.8) is 0 Å². The number of rotatable bonds is 7. The van der Waals surface area contributed by atoms with Gasteiger partial charge in [-0.15, -0.1) is 0 Å². The van der Waals surface area contributed by atoms with Crippen LogP contribution in [-0.4, -0.2) is 37.1 Å². The molecule has 2 aromatic carbocycles. The number of hydrogen-bond acceptors (Lipinski definition) is 5. The van der Waals surface area contributed by atoms with Crippen molar-refractivity contribution in [3.05, 3.63) is 83.0 Å². The van der Waals surface area contributed by atoms with Gasteiger partial charge in [0.15, 0.2) is 5.65 Å². The number of nitrogens with zero attached hydrogens (tertiary/aromatic N) is 4. The predicted molar refractivity (Wildman–Crippen MR) is 115 cm³/mol. The maximum Gasteiger partial charge on any atom is 0.264 e. The van der Waals surface area contributed by atoms with Crippen LogP contribution in [0.2, 0.25) is 0 Å². The summed E-state index contributed by atoms with van der Waals surface area (Å²) in [7, 11) is 0. The van der Waals surface area contributed by atoms with Crippen molar-refractivity contribution in [1.29, 1.82) is 0 Å². The van der Waals surface area contributed by atoms with E-state index in [-0.39, 0.29) is 18.7 Å². The Hall–Kier alpha value is -3.45. The van der Waals surface area contributed by atoms with E-state index in [1.54, 1.807) is 4.68 Å². The zero-order valence-electron chi connectivity index (χ0n) is 17.0. The summed E-state index contributed by atoms with van der Waals surface area (Å²) in [5, 5.41) is 15.1. The minimum atomic E-state index is -0.855. The summed E-state index contributed by atoms with van der Waals surface area (Å²) in [6.45, 7) is 4.35. The van der Waals surface area contributed by atoms with Gasteiger partial charge in [0.25, 0.3) is 5.56 Å². The predicted octanol–water partition coefficient (Wildman–Crippen LogP) is 3.15. The quantitative estimate of drug-likeness (QED) is 0.512. The third-order valence-corrected chi connectivity index (χ3v) is 4.93. The summed E-state index contributed by atoms with van der Waals surface area (Å²) in [6.07, 6.45) is 2.10. The van der Waals surface area contributed by atoms with E-state index in [2.05, 4.69) is 23.9 Å². The molecule has 0 aliphatic rings. The van der Waals surface area contributed by atoms with Gasteiger partial charge in [0.1, 0.15) is 30.2 Å². The highest BCUT2D eigenvalue weighted by Crippen LogP contribution is 2.25. The molecule has 0 amide bonds. The highest BCUT2D eigenvalue weighted by atomic mass is 16.5. The van der Waals surface area contributed by atoms with Crippen molar-refractivity contribution in [3.8, 4) is 11.4 Å². The molecule has 2 aromatic heterocycles. The Morgan fingerprint density at radius 2 is 1.80 bits per heavy atom. The molecule has 2 heterocycles. The first-order valence-electron chi connectivity index (χ1n) is 9.93. The van der Waals surface area contributed by atoms with E-state index < -0.39 is 6.10 Å². The highest BCUT2D eigenvalue weighted by Gasteiger charge is 2.15. The lowest BCUT2D eigenvalue weighted by molar-refractivity contribution is 0.0909. The molecule has 0 bridgehead atoms. The fraction of sp³-hybridized carbons (Fsp3) is 0.261. The van der Waals surface area contributed by atoms with E-state index >= 15 is 0 Å². The van der Waals surface area contributed by atoms with Crippen LogP contribution in [0.1, 0.15) is 25.3 Å². The SMILES string of the molecule is CC(C)c1ccccc1OCC(O)Cn1cnc2c(cnn2-c2ccccc2)c1=O. The summed E-state index contributed by atoms with van der Waals surface area (Å²) in [4.78, 5) is 17.2. The van der Waals surface area contributed by atoms with Gasteiger partial charge < -0.3 is 9.84 Å². The van der Waals surface area contributed by atoms with E-state index in [1.807, 2.05) is 54.6 Å². The standard InChI is InChI=1S/C23H24N4O3/c1-16(2)19-10-6-7-11-21(19)30-14-18(28)13-26-15-24-22-20(23(26)29)12-25-27(22)17-8-4-3-5-9-17/h3-12,15-16,18,28H,13-14H2,1-2H3. The third-order valence-electron chi connectivity index (χ3n) is 4.93. The van der Waals surface area contributed by atoms with Crippen LogP contribution < -0.4 is 10.3 Å². The second-order valence-electron chi connectivity index (χ2n) is 7.49. The topological polar surface area (TPSA) is 82.2 Å². The Morgan fingerprint density at radius 1 is 1.07 bits per heavy atom. The monoisotopic (exact) mass is 404 g/mol. The molecule has 0 fully saturated rings. The minimum absolute atomic E-state index is 0.0808. The molecule has 7 heteroatoms. The first-order valence-corrected chi connectivity index (χ1v) is 9.93. The van der Waals surface area contributed by atoms with Gasteiger partial charge in [-0.25, -0.2) is 9.67 Å². The van der Waals surface area contributed by atoms with Crippen molar-refractivity contribution >= 4 is 11.0 Å². The van der Waals surface area contributed by atoms with Gasteiger partial charge in [0.2, 0.25) is 0 Å². The van der Waals surface area contributed by atoms with Crippen LogP contribution >= 0.6 is 0 Å². The molecule has 154 valence electrons. The summed E-state index contributed by atoms with van der Waals surface area (Å²) in [6, 6.07) is 17.3. The van der Waals surface area contributed by atoms with E-state index in [1.165, 1.54) is 17.1 Å². The van der Waals surface area contributed by atoms with E-state index in [0.717, 1.165) is 17.0 Å². The number of hydrogen-bond donors (Lipinski definition) is 1. The fourth-order valence-electron chi connectivity index (χ4n) is 3.39. The number of fused-ring (bicyclic) bond motifs is 1. The molecule has 1 N–H and O–H groups in total. The second-order valence-corrected chi connectivity index (χ2v) is 7.49. The molecule has 0 spiro atoms. The van der Waals surface area contributed by atoms with Crippen LogP contribution in [0, 0.1) is 0 Å². The van der Waals surface area contributed by atoms with E-state index in [4.69, 9.17) is 4.74 Å². The molecule has 0 saturated carbocycles. The van der Waals surface area contributed by atoms with Gasteiger partial charge in [-0.3, -0.25) is 9.36 Å². The van der Waals surface area contributed by atoms with Crippen LogP contribution in [0.15, 0.2) is 71.9 Å². The van der Waals surface area contributed by atoms with Gasteiger partial charge in [-0.05, 0) is 29.7 Å². The molecule has 0 radical (unpaired) electrons. The summed E-state index contributed by atoms with van der Waals surface area (Å²) in [5.74, 6) is 1.06. The number of benzene rings is 2. The molecule has 4 aromatic rings. The van der Waals surface area contributed by atoms with Crippen molar-refractivity contribution in [2.45, 2.75) is 32.4 Å². The van der Waals surface area contributed by atoms with Crippen LogP contribution in [0.4, 0.5) is 0 Å². The normalized spacial score (nSPS) is 12.4. The molecule has 30 heavy (non-hydrogen) atoms. The number of aromatic nitrogens is 4. The van der Waals surface area contributed by atoms with Crippen molar-refractivity contribution in [2.75, 3.05) is 6.61 Å². The average molecular weight is 404 g/mol. The van der Waals surface area contributed by atoms with Crippen molar-refractivity contribution < 1.29 is 9.84 Å². The fourth-order valence-corrected chi connectivity index (χ4v) is 3.39. The maximum atomic E-state index is 12.8. The summed E-state index contributed by atoms with van der Waals surface area (Å²) in [5.41, 5.74) is 2.15. The van der Waals surface area contributed by atoms with Crippen molar-refractivity contribution in [1.82, 2.24) is 19.3 Å². The Morgan fingerprint density at radius 3 is 2.57 bits per heavy atom. The molecule has 0 aliphatic carbocycles. The van der Waals surface area contributed by atoms with Crippen LogP contribution in [0.3, 0.4) is 0 Å². The average Bonchev–Trinajstić information content (AvgIpc) is 3.20. The van der Waals surface area contributed by atoms with Gasteiger partial charge in [-0.2, -0.15) is 5.10 Å². The Bertz CT molecular complexity index is 1200. The highest BCUT2D eigenvalue weighted by molar-refractivity contribution is 5.74. The summed E-state index contributed by atoms with van der Waals surface area (Å²) < 4.78 is 8.84.